The number of aromatic amines is 1. The van der Waals surface area contributed by atoms with Crippen molar-refractivity contribution in [3.63, 3.8) is 0 Å². The molecule has 3 heteroatoms. The highest BCUT2D eigenvalue weighted by molar-refractivity contribution is 5.70. The number of aryl methyl sites for hydroxylation is 2. The van der Waals surface area contributed by atoms with Crippen LogP contribution in [0.4, 0.5) is 0 Å². The van der Waals surface area contributed by atoms with Crippen molar-refractivity contribution in [2.75, 3.05) is 7.11 Å². The number of aromatic nitrogens is 1. The molecule has 0 aliphatic rings. The van der Waals surface area contributed by atoms with Crippen molar-refractivity contribution < 1.29 is 4.74 Å². The van der Waals surface area contributed by atoms with E-state index in [-0.39, 0.29) is 0 Å². The van der Waals surface area contributed by atoms with Crippen molar-refractivity contribution in [2.45, 2.75) is 20.3 Å². The summed E-state index contributed by atoms with van der Waals surface area (Å²) in [6.07, 6.45) is 0.974. The van der Waals surface area contributed by atoms with Crippen LogP contribution in [-0.4, -0.2) is 12.1 Å². The molecule has 0 saturated heterocycles. The van der Waals surface area contributed by atoms with Crippen LogP contribution < -0.4 is 4.74 Å². The quantitative estimate of drug-likeness (QED) is 0.893. The molecule has 3 nitrogen and oxygen atoms in total. The van der Waals surface area contributed by atoms with E-state index in [1.165, 1.54) is 5.56 Å². The summed E-state index contributed by atoms with van der Waals surface area (Å²) in [6, 6.07) is 10.2. The maximum atomic E-state index is 9.00. The van der Waals surface area contributed by atoms with Crippen LogP contribution in [-0.2, 0) is 6.42 Å². The number of H-pyrrole nitrogens is 1. The number of nitriles is 1. The van der Waals surface area contributed by atoms with Crippen LogP contribution >= 0.6 is 0 Å². The average molecular weight is 240 g/mol. The number of methoxy groups -OCH3 is 1. The fourth-order valence-corrected chi connectivity index (χ4v) is 2.00. The van der Waals surface area contributed by atoms with Crippen LogP contribution in [0.3, 0.4) is 0 Å². The van der Waals surface area contributed by atoms with Gasteiger partial charge in [0.05, 0.1) is 18.4 Å². The summed E-state index contributed by atoms with van der Waals surface area (Å²) in [4.78, 5) is 3.24. The van der Waals surface area contributed by atoms with E-state index in [0.717, 1.165) is 29.1 Å². The molecule has 0 aliphatic carbocycles. The topological polar surface area (TPSA) is 48.8 Å². The Hall–Kier alpha value is -2.21. The van der Waals surface area contributed by atoms with E-state index >= 15 is 0 Å². The molecule has 0 unspecified atom stereocenters. The van der Waals surface area contributed by atoms with Crippen molar-refractivity contribution >= 4 is 0 Å². The molecular weight excluding hydrogens is 224 g/mol. The van der Waals surface area contributed by atoms with E-state index < -0.39 is 0 Å². The maximum Gasteiger partial charge on any atom is 0.128 e. The molecule has 18 heavy (non-hydrogen) atoms. The number of benzene rings is 1. The van der Waals surface area contributed by atoms with Gasteiger partial charge in [-0.2, -0.15) is 5.26 Å². The van der Waals surface area contributed by atoms with Crippen LogP contribution in [0.2, 0.25) is 0 Å². The van der Waals surface area contributed by atoms with Gasteiger partial charge in [-0.05, 0) is 37.1 Å². The maximum absolute atomic E-state index is 9.00. The second-order valence-electron chi connectivity index (χ2n) is 4.22. The lowest BCUT2D eigenvalue weighted by Crippen LogP contribution is -1.90. The third kappa shape index (κ3) is 2.10. The van der Waals surface area contributed by atoms with Crippen LogP contribution in [0.5, 0.6) is 5.75 Å². The first-order valence-electron chi connectivity index (χ1n) is 5.96. The van der Waals surface area contributed by atoms with E-state index in [2.05, 4.69) is 30.1 Å². The molecule has 2 aromatic rings. The second-order valence-corrected chi connectivity index (χ2v) is 4.22. The minimum absolute atomic E-state index is 0.675. The summed E-state index contributed by atoms with van der Waals surface area (Å²) in [5, 5.41) is 9.00. The monoisotopic (exact) mass is 240 g/mol. The first-order valence-corrected chi connectivity index (χ1v) is 5.96. The van der Waals surface area contributed by atoms with Gasteiger partial charge in [-0.3, -0.25) is 0 Å². The number of hydrogen-bond donors (Lipinski definition) is 1. The summed E-state index contributed by atoms with van der Waals surface area (Å²) in [5.41, 5.74) is 4.74. The van der Waals surface area contributed by atoms with Gasteiger partial charge < -0.3 is 9.72 Å². The van der Waals surface area contributed by atoms with Crippen molar-refractivity contribution in [3.8, 4) is 23.1 Å². The highest BCUT2D eigenvalue weighted by atomic mass is 16.5. The van der Waals surface area contributed by atoms with Crippen LogP contribution in [0, 0.1) is 18.3 Å². The van der Waals surface area contributed by atoms with Gasteiger partial charge in [-0.15, -0.1) is 0 Å². The van der Waals surface area contributed by atoms with E-state index in [1.807, 2.05) is 19.1 Å². The third-order valence-corrected chi connectivity index (χ3v) is 3.10. The Kier molecular flexibility index (Phi) is 3.38. The van der Waals surface area contributed by atoms with Gasteiger partial charge in [0.1, 0.15) is 11.8 Å². The zero-order valence-electron chi connectivity index (χ0n) is 10.9. The van der Waals surface area contributed by atoms with E-state index in [0.29, 0.717) is 5.56 Å². The molecule has 92 valence electrons. The Bertz CT molecular complexity index is 605. The fraction of sp³-hybridized carbons (Fsp3) is 0.267. The zero-order valence-corrected chi connectivity index (χ0v) is 10.9. The highest BCUT2D eigenvalue weighted by Gasteiger charge is 2.11. The molecule has 2 rings (SSSR count). The lowest BCUT2D eigenvalue weighted by Gasteiger charge is -2.08. The number of hydrogen-bond acceptors (Lipinski definition) is 2. The van der Waals surface area contributed by atoms with E-state index in [4.69, 9.17) is 10.00 Å². The lowest BCUT2D eigenvalue weighted by atomic mass is 10.0. The van der Waals surface area contributed by atoms with Gasteiger partial charge in [-0.25, -0.2) is 0 Å². The molecule has 0 saturated carbocycles. The van der Waals surface area contributed by atoms with Crippen molar-refractivity contribution in [1.82, 2.24) is 4.98 Å². The predicted molar refractivity (Wildman–Crippen MR) is 71.6 cm³/mol. The van der Waals surface area contributed by atoms with Gasteiger partial charge in [-0.1, -0.05) is 13.0 Å². The second kappa shape index (κ2) is 4.97. The molecule has 0 aliphatic heterocycles. The molecule has 1 N–H and O–H groups in total. The van der Waals surface area contributed by atoms with Gasteiger partial charge >= 0.3 is 0 Å². The normalized spacial score (nSPS) is 10.1. The van der Waals surface area contributed by atoms with Crippen molar-refractivity contribution in [3.05, 3.63) is 41.1 Å². The number of rotatable bonds is 3. The summed E-state index contributed by atoms with van der Waals surface area (Å²) >= 11 is 0. The van der Waals surface area contributed by atoms with E-state index in [9.17, 15) is 0 Å². The molecule has 0 bridgehead atoms. The summed E-state index contributed by atoms with van der Waals surface area (Å²) in [5.74, 6) is 0.818. The molecule has 0 fully saturated rings. The van der Waals surface area contributed by atoms with Gasteiger partial charge in [0, 0.05) is 11.3 Å². The lowest BCUT2D eigenvalue weighted by molar-refractivity contribution is 0.416. The molecule has 1 aromatic carbocycles. The zero-order chi connectivity index (χ0) is 13.1. The van der Waals surface area contributed by atoms with Crippen LogP contribution in [0.15, 0.2) is 24.3 Å². The third-order valence-electron chi connectivity index (χ3n) is 3.10. The van der Waals surface area contributed by atoms with Gasteiger partial charge in [0.15, 0.2) is 0 Å². The summed E-state index contributed by atoms with van der Waals surface area (Å²) < 4.78 is 5.38. The summed E-state index contributed by atoms with van der Waals surface area (Å²) in [7, 11) is 1.66. The molecular formula is C15H16N2O. The Morgan fingerprint density at radius 2 is 2.11 bits per heavy atom. The predicted octanol–water partition coefficient (Wildman–Crippen LogP) is 3.43. The number of nitrogens with zero attached hydrogens (tertiary/aromatic N) is 1. The SMILES string of the molecule is CCc1ccc(OC)c(-c2cc(C#N)c(C)[nH]2)c1. The average Bonchev–Trinajstić information content (AvgIpc) is 2.79. The minimum atomic E-state index is 0.675. The van der Waals surface area contributed by atoms with E-state index in [1.54, 1.807) is 7.11 Å². The highest BCUT2D eigenvalue weighted by Crippen LogP contribution is 2.31. The Balaban J connectivity index is 2.57. The van der Waals surface area contributed by atoms with Crippen LogP contribution in [0.25, 0.3) is 11.3 Å². The molecule has 0 radical (unpaired) electrons. The number of nitrogens with one attached hydrogen (secondary N) is 1. The summed E-state index contributed by atoms with van der Waals surface area (Å²) in [6.45, 7) is 4.02. The van der Waals surface area contributed by atoms with Crippen molar-refractivity contribution in [2.24, 2.45) is 0 Å². The first kappa shape index (κ1) is 12.3. The van der Waals surface area contributed by atoms with Gasteiger partial charge in [0.2, 0.25) is 0 Å². The molecule has 1 aromatic heterocycles. The Labute approximate surface area is 107 Å². The minimum Gasteiger partial charge on any atom is -0.496 e. The Morgan fingerprint density at radius 1 is 1.33 bits per heavy atom. The fourth-order valence-electron chi connectivity index (χ4n) is 2.00. The van der Waals surface area contributed by atoms with Crippen LogP contribution in [0.1, 0.15) is 23.7 Å². The Morgan fingerprint density at radius 3 is 2.67 bits per heavy atom. The standard InChI is InChI=1S/C15H16N2O/c1-4-11-5-6-15(18-3)13(7-11)14-8-12(9-16)10(2)17-14/h5-8,17H,4H2,1-3H3. The molecule has 0 amide bonds. The molecule has 0 spiro atoms. The van der Waals surface area contributed by atoms with Crippen molar-refractivity contribution in [1.29, 1.82) is 5.26 Å². The first-order chi connectivity index (χ1) is 8.69. The largest absolute Gasteiger partial charge is 0.496 e. The molecule has 0 atom stereocenters. The smallest absolute Gasteiger partial charge is 0.128 e. The van der Waals surface area contributed by atoms with Gasteiger partial charge in [0.25, 0.3) is 0 Å². The number of ether oxygens (including phenoxy) is 1. The molecule has 1 heterocycles.